The number of rotatable bonds is 3. The van der Waals surface area contributed by atoms with Gasteiger partial charge in [-0.2, -0.15) is 5.10 Å². The fourth-order valence-electron chi connectivity index (χ4n) is 1.91. The molecular weight excluding hydrogens is 244 g/mol. The molecule has 7 nitrogen and oxygen atoms in total. The molecular formula is C9H14N4O3S. The zero-order chi connectivity index (χ0) is 12.6. The van der Waals surface area contributed by atoms with Crippen LogP contribution in [-0.2, 0) is 21.4 Å². The van der Waals surface area contributed by atoms with Crippen LogP contribution in [0.1, 0.15) is 13.3 Å². The highest BCUT2D eigenvalue weighted by Gasteiger charge is 2.38. The van der Waals surface area contributed by atoms with Gasteiger partial charge in [0.2, 0.25) is 15.9 Å². The predicted molar refractivity (Wildman–Crippen MR) is 61.8 cm³/mol. The second-order valence-corrected chi connectivity index (χ2v) is 5.77. The van der Waals surface area contributed by atoms with Crippen molar-refractivity contribution in [2.75, 3.05) is 11.4 Å². The summed E-state index contributed by atoms with van der Waals surface area (Å²) in [6, 6.07) is 1.69. The van der Waals surface area contributed by atoms with Crippen molar-refractivity contribution >= 4 is 21.7 Å². The van der Waals surface area contributed by atoms with Gasteiger partial charge in [-0.15, -0.1) is 0 Å². The van der Waals surface area contributed by atoms with Crippen LogP contribution in [0.3, 0.4) is 0 Å². The molecule has 1 fully saturated rings. The summed E-state index contributed by atoms with van der Waals surface area (Å²) in [7, 11) is -3.67. The number of aromatic nitrogens is 2. The van der Waals surface area contributed by atoms with E-state index in [0.29, 0.717) is 12.4 Å². The number of amides is 1. The van der Waals surface area contributed by atoms with Crippen LogP contribution in [0.4, 0.5) is 5.82 Å². The summed E-state index contributed by atoms with van der Waals surface area (Å²) < 4.78 is 24.1. The van der Waals surface area contributed by atoms with E-state index in [4.69, 9.17) is 5.14 Å². The minimum Gasteiger partial charge on any atom is -0.296 e. The Morgan fingerprint density at radius 3 is 2.82 bits per heavy atom. The topological polar surface area (TPSA) is 98.3 Å². The maximum Gasteiger partial charge on any atom is 0.229 e. The largest absolute Gasteiger partial charge is 0.296 e. The quantitative estimate of drug-likeness (QED) is 0.774. The lowest BCUT2D eigenvalue weighted by Gasteiger charge is -2.16. The first-order valence-electron chi connectivity index (χ1n) is 5.27. The zero-order valence-corrected chi connectivity index (χ0v) is 10.2. The molecule has 0 bridgehead atoms. The van der Waals surface area contributed by atoms with Crippen molar-refractivity contribution in [2.45, 2.75) is 25.1 Å². The molecule has 17 heavy (non-hydrogen) atoms. The number of anilines is 1. The number of hydrogen-bond donors (Lipinski definition) is 1. The van der Waals surface area contributed by atoms with Gasteiger partial charge in [0.05, 0.1) is 6.20 Å². The zero-order valence-electron chi connectivity index (χ0n) is 9.41. The third kappa shape index (κ3) is 2.18. The molecule has 94 valence electrons. The molecule has 2 rings (SSSR count). The Kier molecular flexibility index (Phi) is 2.92. The van der Waals surface area contributed by atoms with Crippen molar-refractivity contribution in [3.05, 3.63) is 12.3 Å². The molecule has 0 aromatic carbocycles. The number of carbonyl (C=O) groups is 1. The molecule has 1 atom stereocenters. The maximum atomic E-state index is 11.8. The summed E-state index contributed by atoms with van der Waals surface area (Å²) in [5.41, 5.74) is 0. The molecule has 2 heterocycles. The van der Waals surface area contributed by atoms with Crippen LogP contribution in [0.5, 0.6) is 0 Å². The lowest BCUT2D eigenvalue weighted by molar-refractivity contribution is -0.117. The molecule has 1 amide bonds. The Hall–Kier alpha value is -1.41. The molecule has 1 aromatic rings. The second-order valence-electron chi connectivity index (χ2n) is 3.92. The molecule has 1 unspecified atom stereocenters. The van der Waals surface area contributed by atoms with Crippen molar-refractivity contribution in [3.63, 3.8) is 0 Å². The lowest BCUT2D eigenvalue weighted by atomic mass is 10.4. The van der Waals surface area contributed by atoms with E-state index in [1.54, 1.807) is 16.9 Å². The number of nitrogens with two attached hydrogens (primary N) is 1. The first-order valence-corrected chi connectivity index (χ1v) is 6.88. The van der Waals surface area contributed by atoms with Crippen LogP contribution in [0, 0.1) is 0 Å². The van der Waals surface area contributed by atoms with Gasteiger partial charge in [0.15, 0.2) is 0 Å². The number of aryl methyl sites for hydroxylation is 1. The molecule has 1 aliphatic heterocycles. The van der Waals surface area contributed by atoms with Gasteiger partial charge in [-0.1, -0.05) is 0 Å². The highest BCUT2D eigenvalue weighted by atomic mass is 32.2. The van der Waals surface area contributed by atoms with Gasteiger partial charge in [-0.05, 0) is 6.92 Å². The van der Waals surface area contributed by atoms with Crippen molar-refractivity contribution in [1.82, 2.24) is 9.78 Å². The Morgan fingerprint density at radius 1 is 1.59 bits per heavy atom. The van der Waals surface area contributed by atoms with Crippen molar-refractivity contribution in [1.29, 1.82) is 0 Å². The standard InChI is InChI=1S/C9H14N4O3S/c1-2-13-8(3-4-11-13)12-6-7(5-9(12)14)17(10,15)16/h3-4,7H,2,5-6H2,1H3,(H2,10,15,16). The van der Waals surface area contributed by atoms with E-state index in [2.05, 4.69) is 5.10 Å². The summed E-state index contributed by atoms with van der Waals surface area (Å²) in [4.78, 5) is 13.2. The van der Waals surface area contributed by atoms with Crippen molar-refractivity contribution in [3.8, 4) is 0 Å². The van der Waals surface area contributed by atoms with E-state index in [-0.39, 0.29) is 18.9 Å². The van der Waals surface area contributed by atoms with Gasteiger partial charge < -0.3 is 0 Å². The smallest absolute Gasteiger partial charge is 0.229 e. The number of carbonyl (C=O) groups excluding carboxylic acids is 1. The number of primary sulfonamides is 1. The van der Waals surface area contributed by atoms with Crippen LogP contribution in [-0.4, -0.2) is 35.9 Å². The van der Waals surface area contributed by atoms with Gasteiger partial charge in [-0.3, -0.25) is 9.69 Å². The molecule has 0 saturated carbocycles. The molecule has 1 aliphatic rings. The maximum absolute atomic E-state index is 11.8. The third-order valence-electron chi connectivity index (χ3n) is 2.82. The first kappa shape index (κ1) is 12.1. The van der Waals surface area contributed by atoms with Gasteiger partial charge in [0.1, 0.15) is 11.1 Å². The van der Waals surface area contributed by atoms with Crippen LogP contribution in [0.15, 0.2) is 12.3 Å². The van der Waals surface area contributed by atoms with E-state index in [0.717, 1.165) is 0 Å². The van der Waals surface area contributed by atoms with Gasteiger partial charge in [0, 0.05) is 25.6 Å². The van der Waals surface area contributed by atoms with Gasteiger partial charge in [-0.25, -0.2) is 18.2 Å². The summed E-state index contributed by atoms with van der Waals surface area (Å²) in [5.74, 6) is 0.378. The Morgan fingerprint density at radius 2 is 2.29 bits per heavy atom. The summed E-state index contributed by atoms with van der Waals surface area (Å²) in [6.07, 6.45) is 1.52. The molecule has 1 saturated heterocycles. The number of hydrogen-bond acceptors (Lipinski definition) is 4. The Balaban J connectivity index is 2.28. The summed E-state index contributed by atoms with van der Waals surface area (Å²) in [6.45, 7) is 2.61. The SMILES string of the molecule is CCn1nccc1N1CC(S(N)(=O)=O)CC1=O. The van der Waals surface area contributed by atoms with Gasteiger partial charge >= 0.3 is 0 Å². The second kappa shape index (κ2) is 4.11. The average Bonchev–Trinajstić information content (AvgIpc) is 2.81. The third-order valence-corrected chi connectivity index (χ3v) is 4.07. The van der Waals surface area contributed by atoms with Crippen LogP contribution in [0.2, 0.25) is 0 Å². The Bertz CT molecular complexity index is 536. The Labute approximate surface area is 99.2 Å². The molecule has 0 radical (unpaired) electrons. The fourth-order valence-corrected chi connectivity index (χ4v) is 2.65. The molecule has 2 N–H and O–H groups in total. The predicted octanol–water partition coefficient (Wildman–Crippen LogP) is -0.703. The van der Waals surface area contributed by atoms with Crippen LogP contribution >= 0.6 is 0 Å². The number of sulfonamides is 1. The fraction of sp³-hybridized carbons (Fsp3) is 0.556. The molecule has 1 aromatic heterocycles. The van der Waals surface area contributed by atoms with Gasteiger partial charge in [0.25, 0.3) is 0 Å². The molecule has 0 spiro atoms. The van der Waals surface area contributed by atoms with Crippen molar-refractivity contribution < 1.29 is 13.2 Å². The highest BCUT2D eigenvalue weighted by molar-refractivity contribution is 7.89. The van der Waals surface area contributed by atoms with E-state index < -0.39 is 15.3 Å². The van der Waals surface area contributed by atoms with E-state index >= 15 is 0 Å². The molecule has 8 heteroatoms. The monoisotopic (exact) mass is 258 g/mol. The van der Waals surface area contributed by atoms with E-state index in [9.17, 15) is 13.2 Å². The van der Waals surface area contributed by atoms with E-state index in [1.807, 2.05) is 6.92 Å². The van der Waals surface area contributed by atoms with Crippen LogP contribution in [0.25, 0.3) is 0 Å². The lowest BCUT2D eigenvalue weighted by Crippen LogP contribution is -2.33. The summed E-state index contributed by atoms with van der Waals surface area (Å²) in [5, 5.41) is 8.28. The van der Waals surface area contributed by atoms with E-state index in [1.165, 1.54) is 4.90 Å². The average molecular weight is 258 g/mol. The van der Waals surface area contributed by atoms with Crippen LogP contribution < -0.4 is 10.0 Å². The highest BCUT2D eigenvalue weighted by Crippen LogP contribution is 2.23. The summed E-state index contributed by atoms with van der Waals surface area (Å²) >= 11 is 0. The number of nitrogens with zero attached hydrogens (tertiary/aromatic N) is 3. The molecule has 0 aliphatic carbocycles. The first-order chi connectivity index (χ1) is 7.93. The van der Waals surface area contributed by atoms with Crippen molar-refractivity contribution in [2.24, 2.45) is 5.14 Å². The normalized spacial score (nSPS) is 21.2. The minimum atomic E-state index is -3.67. The minimum absolute atomic E-state index is 0.0618.